The van der Waals surface area contributed by atoms with E-state index < -0.39 is 5.82 Å². The smallest absolute Gasteiger partial charge is 0.251 e. The van der Waals surface area contributed by atoms with Crippen LogP contribution < -0.4 is 20.1 Å². The summed E-state index contributed by atoms with van der Waals surface area (Å²) < 4.78 is 24.3. The Balaban J connectivity index is 1.44. The second-order valence-electron chi connectivity index (χ2n) is 7.30. The van der Waals surface area contributed by atoms with Crippen LogP contribution in [0.25, 0.3) is 0 Å². The highest BCUT2D eigenvalue weighted by molar-refractivity contribution is 5.94. The summed E-state index contributed by atoms with van der Waals surface area (Å²) in [6.45, 7) is 0.349. The van der Waals surface area contributed by atoms with Crippen molar-refractivity contribution in [3.63, 3.8) is 0 Å². The first-order chi connectivity index (χ1) is 14.5. The second-order valence-corrected chi connectivity index (χ2v) is 7.30. The van der Waals surface area contributed by atoms with Gasteiger partial charge in [0, 0.05) is 30.3 Å². The molecule has 1 fully saturated rings. The van der Waals surface area contributed by atoms with Gasteiger partial charge in [-0.2, -0.15) is 0 Å². The molecule has 0 bridgehead atoms. The van der Waals surface area contributed by atoms with E-state index in [0.29, 0.717) is 35.7 Å². The fourth-order valence-electron chi connectivity index (χ4n) is 3.41. The molecule has 1 saturated carbocycles. The molecule has 3 rings (SSSR count). The van der Waals surface area contributed by atoms with Gasteiger partial charge >= 0.3 is 0 Å². The summed E-state index contributed by atoms with van der Waals surface area (Å²) in [4.78, 5) is 24.2. The number of amides is 2. The van der Waals surface area contributed by atoms with Gasteiger partial charge < -0.3 is 20.1 Å². The number of hydrogen-bond donors (Lipinski definition) is 2. The maximum absolute atomic E-state index is 12.9. The molecular weight excluding hydrogens is 387 g/mol. The highest BCUT2D eigenvalue weighted by Gasteiger charge is 2.19. The van der Waals surface area contributed by atoms with E-state index in [-0.39, 0.29) is 24.3 Å². The minimum absolute atomic E-state index is 0.150. The van der Waals surface area contributed by atoms with E-state index in [4.69, 9.17) is 9.47 Å². The van der Waals surface area contributed by atoms with Gasteiger partial charge in [-0.1, -0.05) is 0 Å². The van der Waals surface area contributed by atoms with Crippen molar-refractivity contribution in [2.75, 3.05) is 19.0 Å². The van der Waals surface area contributed by atoms with Crippen LogP contribution in [0.3, 0.4) is 0 Å². The minimum atomic E-state index is -0.390. The fraction of sp³-hybridized carbons (Fsp3) is 0.391. The van der Waals surface area contributed by atoms with Crippen molar-refractivity contribution in [1.29, 1.82) is 0 Å². The van der Waals surface area contributed by atoms with E-state index in [1.165, 1.54) is 37.1 Å². The number of anilines is 1. The number of benzene rings is 2. The Morgan fingerprint density at radius 2 is 1.80 bits per heavy atom. The number of carbonyl (C=O) groups excluding carboxylic acids is 2. The number of ether oxygens (including phenoxy) is 2. The topological polar surface area (TPSA) is 76.7 Å². The molecule has 0 unspecified atom stereocenters. The lowest BCUT2D eigenvalue weighted by atomic mass is 10.2. The summed E-state index contributed by atoms with van der Waals surface area (Å²) in [5.74, 6) is 0.443. The van der Waals surface area contributed by atoms with Crippen LogP contribution in [0.15, 0.2) is 42.5 Å². The monoisotopic (exact) mass is 414 g/mol. The van der Waals surface area contributed by atoms with E-state index in [0.717, 1.165) is 12.8 Å². The van der Waals surface area contributed by atoms with Crippen molar-refractivity contribution in [2.45, 2.75) is 44.6 Å². The highest BCUT2D eigenvalue weighted by atomic mass is 19.1. The lowest BCUT2D eigenvalue weighted by Crippen LogP contribution is -2.25. The SMILES string of the molecule is COc1ccc(NC(=O)CCCNC(=O)c2ccc(F)cc2)cc1OC1CCCC1. The zero-order chi connectivity index (χ0) is 21.3. The van der Waals surface area contributed by atoms with Crippen LogP contribution >= 0.6 is 0 Å². The molecule has 2 amide bonds. The molecule has 2 aromatic rings. The molecule has 160 valence electrons. The number of hydrogen-bond acceptors (Lipinski definition) is 4. The lowest BCUT2D eigenvalue weighted by molar-refractivity contribution is -0.116. The van der Waals surface area contributed by atoms with Crippen molar-refractivity contribution >= 4 is 17.5 Å². The molecule has 0 spiro atoms. The summed E-state index contributed by atoms with van der Waals surface area (Å²) in [5, 5.41) is 5.58. The molecule has 2 N–H and O–H groups in total. The molecule has 0 aromatic heterocycles. The van der Waals surface area contributed by atoms with Gasteiger partial charge in [-0.15, -0.1) is 0 Å². The van der Waals surface area contributed by atoms with Crippen LogP contribution in [0.4, 0.5) is 10.1 Å². The first-order valence-corrected chi connectivity index (χ1v) is 10.2. The summed E-state index contributed by atoms with van der Waals surface area (Å²) in [6.07, 6.45) is 5.33. The molecule has 30 heavy (non-hydrogen) atoms. The van der Waals surface area contributed by atoms with E-state index in [9.17, 15) is 14.0 Å². The third-order valence-electron chi connectivity index (χ3n) is 5.02. The maximum Gasteiger partial charge on any atom is 0.251 e. The van der Waals surface area contributed by atoms with Crippen molar-refractivity contribution in [2.24, 2.45) is 0 Å². The molecule has 1 aliphatic rings. The van der Waals surface area contributed by atoms with Gasteiger partial charge in [0.25, 0.3) is 5.91 Å². The van der Waals surface area contributed by atoms with Gasteiger partial charge in [-0.25, -0.2) is 4.39 Å². The first kappa shape index (κ1) is 21.6. The van der Waals surface area contributed by atoms with Crippen molar-refractivity contribution in [3.8, 4) is 11.5 Å². The zero-order valence-electron chi connectivity index (χ0n) is 17.1. The average Bonchev–Trinajstić information content (AvgIpc) is 3.25. The third kappa shape index (κ3) is 6.20. The predicted octanol–water partition coefficient (Wildman–Crippen LogP) is 4.30. The molecule has 0 atom stereocenters. The molecule has 7 heteroatoms. The molecule has 0 saturated heterocycles. The molecule has 6 nitrogen and oxygen atoms in total. The van der Waals surface area contributed by atoms with Crippen LogP contribution in [0.2, 0.25) is 0 Å². The Morgan fingerprint density at radius 3 is 2.50 bits per heavy atom. The largest absolute Gasteiger partial charge is 0.493 e. The van der Waals surface area contributed by atoms with Crippen LogP contribution in [-0.2, 0) is 4.79 Å². The van der Waals surface area contributed by atoms with Gasteiger partial charge in [0.1, 0.15) is 5.82 Å². The lowest BCUT2D eigenvalue weighted by Gasteiger charge is -2.17. The van der Waals surface area contributed by atoms with Gasteiger partial charge in [-0.3, -0.25) is 9.59 Å². The molecule has 1 aliphatic carbocycles. The normalized spacial score (nSPS) is 13.7. The molecule has 0 aliphatic heterocycles. The Morgan fingerprint density at radius 1 is 1.07 bits per heavy atom. The Hall–Kier alpha value is -3.09. The van der Waals surface area contributed by atoms with E-state index in [1.54, 1.807) is 25.3 Å². The summed E-state index contributed by atoms with van der Waals surface area (Å²) in [5.41, 5.74) is 1.03. The molecule has 0 heterocycles. The van der Waals surface area contributed by atoms with Crippen LogP contribution in [-0.4, -0.2) is 31.6 Å². The maximum atomic E-state index is 12.9. The van der Waals surface area contributed by atoms with Gasteiger partial charge in [0.05, 0.1) is 13.2 Å². The number of rotatable bonds is 9. The number of halogens is 1. The van der Waals surface area contributed by atoms with Gasteiger partial charge in [-0.05, 0) is 68.5 Å². The Kier molecular flexibility index (Phi) is 7.65. The van der Waals surface area contributed by atoms with Crippen molar-refractivity contribution < 1.29 is 23.5 Å². The number of methoxy groups -OCH3 is 1. The first-order valence-electron chi connectivity index (χ1n) is 10.2. The standard InChI is InChI=1S/C23H27FN2O4/c1-29-20-13-12-18(15-21(20)30-19-5-2-3-6-19)26-22(27)7-4-14-25-23(28)16-8-10-17(24)11-9-16/h8-13,15,19H,2-7,14H2,1H3,(H,25,28)(H,26,27). The van der Waals surface area contributed by atoms with Crippen molar-refractivity contribution in [3.05, 3.63) is 53.8 Å². The number of carbonyl (C=O) groups is 2. The van der Waals surface area contributed by atoms with E-state index >= 15 is 0 Å². The molecule has 0 radical (unpaired) electrons. The van der Waals surface area contributed by atoms with Crippen LogP contribution in [0, 0.1) is 5.82 Å². The Bertz CT molecular complexity index is 864. The third-order valence-corrected chi connectivity index (χ3v) is 5.02. The van der Waals surface area contributed by atoms with Crippen LogP contribution in [0.5, 0.6) is 11.5 Å². The fourth-order valence-corrected chi connectivity index (χ4v) is 3.41. The van der Waals surface area contributed by atoms with Crippen molar-refractivity contribution in [1.82, 2.24) is 5.32 Å². The quantitative estimate of drug-likeness (QED) is 0.600. The Labute approximate surface area is 175 Å². The highest BCUT2D eigenvalue weighted by Crippen LogP contribution is 2.33. The summed E-state index contributed by atoms with van der Waals surface area (Å²) in [6, 6.07) is 10.7. The van der Waals surface area contributed by atoms with Crippen LogP contribution in [0.1, 0.15) is 48.9 Å². The second kappa shape index (κ2) is 10.6. The molecule has 2 aromatic carbocycles. The summed E-state index contributed by atoms with van der Waals surface area (Å²) >= 11 is 0. The van der Waals surface area contributed by atoms with Gasteiger partial charge in [0.15, 0.2) is 11.5 Å². The molecular formula is C23H27FN2O4. The van der Waals surface area contributed by atoms with E-state index in [1.807, 2.05) is 0 Å². The minimum Gasteiger partial charge on any atom is -0.493 e. The summed E-state index contributed by atoms with van der Waals surface area (Å²) in [7, 11) is 1.59. The zero-order valence-corrected chi connectivity index (χ0v) is 17.1. The number of nitrogens with one attached hydrogen (secondary N) is 2. The van der Waals surface area contributed by atoms with E-state index in [2.05, 4.69) is 10.6 Å². The van der Waals surface area contributed by atoms with Gasteiger partial charge in [0.2, 0.25) is 5.91 Å². The average molecular weight is 414 g/mol. The predicted molar refractivity (Wildman–Crippen MR) is 112 cm³/mol.